The van der Waals surface area contributed by atoms with Crippen LogP contribution in [0.4, 0.5) is 0 Å². The van der Waals surface area contributed by atoms with Crippen molar-refractivity contribution in [2.45, 2.75) is 13.0 Å². The van der Waals surface area contributed by atoms with Gasteiger partial charge in [0.05, 0.1) is 0 Å². The molecular formula is C14H13NO3. The zero-order valence-electron chi connectivity index (χ0n) is 9.97. The third kappa shape index (κ3) is 1.80. The molecule has 1 unspecified atom stereocenters. The smallest absolute Gasteiger partial charge is 0.321 e. The topological polar surface area (TPSA) is 47.6 Å². The van der Waals surface area contributed by atoms with Crippen LogP contribution >= 0.6 is 0 Å². The molecule has 0 saturated carbocycles. The summed E-state index contributed by atoms with van der Waals surface area (Å²) in [4.78, 5) is 15.7. The molecule has 0 radical (unpaired) electrons. The van der Waals surface area contributed by atoms with Crippen LogP contribution in [0.5, 0.6) is 5.75 Å². The first-order valence-corrected chi connectivity index (χ1v) is 5.83. The van der Waals surface area contributed by atoms with Crippen molar-refractivity contribution in [1.29, 1.82) is 0 Å². The van der Waals surface area contributed by atoms with Crippen LogP contribution in [-0.2, 0) is 9.63 Å². The number of nitrogens with one attached hydrogen (secondary N) is 1. The molecular weight excluding hydrogens is 230 g/mol. The van der Waals surface area contributed by atoms with Gasteiger partial charge in [0, 0.05) is 12.5 Å². The first-order valence-electron chi connectivity index (χ1n) is 5.83. The van der Waals surface area contributed by atoms with Gasteiger partial charge in [-0.05, 0) is 16.8 Å². The van der Waals surface area contributed by atoms with Crippen LogP contribution < -0.4 is 10.2 Å². The van der Waals surface area contributed by atoms with Gasteiger partial charge in [0.15, 0.2) is 0 Å². The van der Waals surface area contributed by atoms with E-state index in [2.05, 4.69) is 11.5 Å². The molecule has 1 aliphatic rings. The van der Waals surface area contributed by atoms with E-state index in [1.165, 1.54) is 6.92 Å². The standard InChI is InChI=1S/C14H13NO3/c1-9(16)18-15-12-8-17-13-7-6-10-4-2-3-5-11(10)14(12)13/h2-7,12,15H,8H2,1H3. The zero-order valence-corrected chi connectivity index (χ0v) is 9.97. The number of carbonyl (C=O) groups is 1. The Morgan fingerprint density at radius 2 is 2.17 bits per heavy atom. The molecule has 0 spiro atoms. The summed E-state index contributed by atoms with van der Waals surface area (Å²) in [5.74, 6) is 0.488. The van der Waals surface area contributed by atoms with Gasteiger partial charge in [0.1, 0.15) is 18.4 Å². The summed E-state index contributed by atoms with van der Waals surface area (Å²) in [6.45, 7) is 1.84. The number of hydrogen-bond donors (Lipinski definition) is 1. The second-order valence-corrected chi connectivity index (χ2v) is 4.27. The number of rotatable bonds is 2. The van der Waals surface area contributed by atoms with E-state index in [-0.39, 0.29) is 12.0 Å². The third-order valence-corrected chi connectivity index (χ3v) is 3.03. The van der Waals surface area contributed by atoms with E-state index in [1.807, 2.05) is 30.3 Å². The average Bonchev–Trinajstić information content (AvgIpc) is 2.80. The van der Waals surface area contributed by atoms with Crippen molar-refractivity contribution < 1.29 is 14.4 Å². The molecule has 1 heterocycles. The predicted octanol–water partition coefficient (Wildman–Crippen LogP) is 2.34. The monoisotopic (exact) mass is 243 g/mol. The van der Waals surface area contributed by atoms with E-state index >= 15 is 0 Å². The predicted molar refractivity (Wildman–Crippen MR) is 67.1 cm³/mol. The lowest BCUT2D eigenvalue weighted by Crippen LogP contribution is -2.25. The first kappa shape index (κ1) is 11.0. The van der Waals surface area contributed by atoms with Gasteiger partial charge in [0.25, 0.3) is 0 Å². The van der Waals surface area contributed by atoms with Crippen LogP contribution in [0.3, 0.4) is 0 Å². The molecule has 0 amide bonds. The van der Waals surface area contributed by atoms with Gasteiger partial charge in [0.2, 0.25) is 0 Å². The zero-order chi connectivity index (χ0) is 12.5. The molecule has 1 aliphatic heterocycles. The number of hydrogen-bond acceptors (Lipinski definition) is 4. The Hall–Kier alpha value is -2.07. The van der Waals surface area contributed by atoms with E-state index in [9.17, 15) is 4.79 Å². The molecule has 18 heavy (non-hydrogen) atoms. The highest BCUT2D eigenvalue weighted by Crippen LogP contribution is 2.37. The van der Waals surface area contributed by atoms with Crippen LogP contribution in [0.2, 0.25) is 0 Å². The molecule has 1 N–H and O–H groups in total. The number of benzene rings is 2. The Bertz CT molecular complexity index is 609. The minimum Gasteiger partial charge on any atom is -0.491 e. The molecule has 92 valence electrons. The van der Waals surface area contributed by atoms with Gasteiger partial charge in [-0.2, -0.15) is 0 Å². The number of fused-ring (bicyclic) bond motifs is 3. The lowest BCUT2D eigenvalue weighted by atomic mass is 10.0. The molecule has 0 aliphatic carbocycles. The summed E-state index contributed by atoms with van der Waals surface area (Å²) < 4.78 is 5.60. The van der Waals surface area contributed by atoms with Gasteiger partial charge >= 0.3 is 5.97 Å². The van der Waals surface area contributed by atoms with Crippen LogP contribution in [-0.4, -0.2) is 12.6 Å². The summed E-state index contributed by atoms with van der Waals surface area (Å²) in [7, 11) is 0. The Balaban J connectivity index is 2.02. The minimum atomic E-state index is -0.358. The van der Waals surface area contributed by atoms with Crippen molar-refractivity contribution >= 4 is 16.7 Å². The Labute approximate surface area is 104 Å². The molecule has 0 fully saturated rings. The molecule has 0 aromatic heterocycles. The van der Waals surface area contributed by atoms with Crippen LogP contribution in [0.1, 0.15) is 18.5 Å². The van der Waals surface area contributed by atoms with Gasteiger partial charge in [-0.3, -0.25) is 4.79 Å². The second kappa shape index (κ2) is 4.31. The van der Waals surface area contributed by atoms with Crippen LogP contribution in [0, 0.1) is 0 Å². The first-order chi connectivity index (χ1) is 8.75. The summed E-state index contributed by atoms with van der Waals surface area (Å²) in [5, 5.41) is 2.27. The molecule has 1 atom stereocenters. The van der Waals surface area contributed by atoms with Crippen molar-refractivity contribution in [3.63, 3.8) is 0 Å². The van der Waals surface area contributed by atoms with E-state index in [0.717, 1.165) is 22.1 Å². The highest BCUT2D eigenvalue weighted by atomic mass is 16.7. The molecule has 4 nitrogen and oxygen atoms in total. The fraction of sp³-hybridized carbons (Fsp3) is 0.214. The number of hydroxylamine groups is 1. The van der Waals surface area contributed by atoms with Crippen LogP contribution in [0.15, 0.2) is 36.4 Å². The van der Waals surface area contributed by atoms with Gasteiger partial charge in [-0.1, -0.05) is 30.3 Å². The Morgan fingerprint density at radius 1 is 1.33 bits per heavy atom. The molecule has 4 heteroatoms. The summed E-state index contributed by atoms with van der Waals surface area (Å²) in [5.41, 5.74) is 3.81. The fourth-order valence-corrected chi connectivity index (χ4v) is 2.26. The highest BCUT2D eigenvalue weighted by Gasteiger charge is 2.27. The summed E-state index contributed by atoms with van der Waals surface area (Å²) in [6, 6.07) is 12.0. The maximum atomic E-state index is 10.9. The quantitative estimate of drug-likeness (QED) is 0.822. The second-order valence-electron chi connectivity index (χ2n) is 4.27. The van der Waals surface area contributed by atoms with Gasteiger partial charge < -0.3 is 9.57 Å². The largest absolute Gasteiger partial charge is 0.491 e. The lowest BCUT2D eigenvalue weighted by Gasteiger charge is -2.12. The molecule has 0 saturated heterocycles. The van der Waals surface area contributed by atoms with E-state index in [4.69, 9.17) is 9.57 Å². The molecule has 0 bridgehead atoms. The fourth-order valence-electron chi connectivity index (χ4n) is 2.26. The maximum Gasteiger partial charge on any atom is 0.321 e. The van der Waals surface area contributed by atoms with E-state index in [1.54, 1.807) is 0 Å². The van der Waals surface area contributed by atoms with Gasteiger partial charge in [-0.15, -0.1) is 5.48 Å². The van der Waals surface area contributed by atoms with Gasteiger partial charge in [-0.25, -0.2) is 0 Å². The average molecular weight is 243 g/mol. The number of ether oxygens (including phenoxy) is 1. The van der Waals surface area contributed by atoms with E-state index < -0.39 is 0 Å². The van der Waals surface area contributed by atoms with Crippen LogP contribution in [0.25, 0.3) is 10.8 Å². The molecule has 2 aromatic carbocycles. The molecule has 3 rings (SSSR count). The van der Waals surface area contributed by atoms with Crippen molar-refractivity contribution in [2.75, 3.05) is 6.61 Å². The van der Waals surface area contributed by atoms with Crippen molar-refractivity contribution in [1.82, 2.24) is 5.48 Å². The van der Waals surface area contributed by atoms with E-state index in [0.29, 0.717) is 6.61 Å². The number of carbonyl (C=O) groups excluding carboxylic acids is 1. The highest BCUT2D eigenvalue weighted by molar-refractivity contribution is 5.88. The lowest BCUT2D eigenvalue weighted by molar-refractivity contribution is -0.150. The Morgan fingerprint density at radius 3 is 3.00 bits per heavy atom. The minimum absolute atomic E-state index is 0.116. The third-order valence-electron chi connectivity index (χ3n) is 3.03. The maximum absolute atomic E-state index is 10.9. The Kier molecular flexibility index (Phi) is 2.64. The SMILES string of the molecule is CC(=O)ONC1COc2ccc3ccccc3c21. The van der Waals surface area contributed by atoms with Crippen molar-refractivity contribution in [3.05, 3.63) is 42.0 Å². The normalized spacial score (nSPS) is 17.3. The summed E-state index contributed by atoms with van der Waals surface area (Å²) in [6.07, 6.45) is 0. The summed E-state index contributed by atoms with van der Waals surface area (Å²) >= 11 is 0. The van der Waals surface area contributed by atoms with Crippen molar-refractivity contribution in [2.24, 2.45) is 0 Å². The molecule has 2 aromatic rings. The van der Waals surface area contributed by atoms with Crippen molar-refractivity contribution in [3.8, 4) is 5.75 Å².